The number of carbonyl (C=O) groups is 2. The standard InChI is InChI=1S/C12H24N2O3/c1-6-8(2)7-13-11(17)14-9(10(15)16)12(3,4)5/h8-9H,6-7H2,1-5H3,(H,15,16)(H2,13,14,17)/t8?,9-/m1/s1. The topological polar surface area (TPSA) is 78.4 Å². The number of carbonyl (C=O) groups excluding carboxylic acids is 1. The number of urea groups is 1. The van der Waals surface area contributed by atoms with Crippen LogP contribution in [0.5, 0.6) is 0 Å². The molecule has 2 atom stereocenters. The Morgan fingerprint density at radius 1 is 1.29 bits per heavy atom. The van der Waals surface area contributed by atoms with Crippen LogP contribution in [0.1, 0.15) is 41.0 Å². The molecule has 0 aromatic rings. The molecule has 0 rings (SSSR count). The molecule has 5 heteroatoms. The van der Waals surface area contributed by atoms with Gasteiger partial charge in [0.05, 0.1) is 0 Å². The summed E-state index contributed by atoms with van der Waals surface area (Å²) in [5.74, 6) is -0.630. The third kappa shape index (κ3) is 6.14. The summed E-state index contributed by atoms with van der Waals surface area (Å²) in [6.07, 6.45) is 0.974. The molecule has 5 nitrogen and oxygen atoms in total. The highest BCUT2D eigenvalue weighted by Gasteiger charge is 2.32. The molecule has 1 unspecified atom stereocenters. The number of hydrogen-bond donors (Lipinski definition) is 3. The minimum Gasteiger partial charge on any atom is -0.480 e. The fourth-order valence-electron chi connectivity index (χ4n) is 1.24. The van der Waals surface area contributed by atoms with Crippen molar-refractivity contribution >= 4 is 12.0 Å². The second kappa shape index (κ2) is 6.47. The van der Waals surface area contributed by atoms with Gasteiger partial charge in [-0.15, -0.1) is 0 Å². The number of carboxylic acid groups (broad SMARTS) is 1. The third-order valence-corrected chi connectivity index (χ3v) is 2.70. The highest BCUT2D eigenvalue weighted by Crippen LogP contribution is 2.19. The second-order valence-electron chi connectivity index (χ2n) is 5.51. The average molecular weight is 244 g/mol. The zero-order valence-corrected chi connectivity index (χ0v) is 11.3. The molecule has 0 bridgehead atoms. The van der Waals surface area contributed by atoms with Gasteiger partial charge in [-0.3, -0.25) is 0 Å². The van der Waals surface area contributed by atoms with Gasteiger partial charge in [-0.05, 0) is 11.3 Å². The van der Waals surface area contributed by atoms with Gasteiger partial charge in [0.1, 0.15) is 6.04 Å². The summed E-state index contributed by atoms with van der Waals surface area (Å²) in [6.45, 7) is 9.96. The number of carboxylic acids is 1. The lowest BCUT2D eigenvalue weighted by Gasteiger charge is -2.28. The number of rotatable bonds is 5. The van der Waals surface area contributed by atoms with E-state index < -0.39 is 23.5 Å². The molecule has 0 radical (unpaired) electrons. The minimum atomic E-state index is -1.02. The first kappa shape index (κ1) is 15.7. The fourth-order valence-corrected chi connectivity index (χ4v) is 1.24. The molecule has 0 fully saturated rings. The van der Waals surface area contributed by atoms with E-state index >= 15 is 0 Å². The molecule has 0 aliphatic rings. The van der Waals surface area contributed by atoms with Crippen molar-refractivity contribution in [3.8, 4) is 0 Å². The smallest absolute Gasteiger partial charge is 0.326 e. The largest absolute Gasteiger partial charge is 0.480 e. The van der Waals surface area contributed by atoms with E-state index in [2.05, 4.69) is 10.6 Å². The zero-order valence-electron chi connectivity index (χ0n) is 11.3. The van der Waals surface area contributed by atoms with Crippen molar-refractivity contribution in [1.29, 1.82) is 0 Å². The molecule has 0 saturated heterocycles. The summed E-state index contributed by atoms with van der Waals surface area (Å²) in [4.78, 5) is 22.6. The Hall–Kier alpha value is -1.26. The van der Waals surface area contributed by atoms with Crippen LogP contribution in [0.15, 0.2) is 0 Å². The summed E-state index contributed by atoms with van der Waals surface area (Å²) in [5, 5.41) is 14.2. The van der Waals surface area contributed by atoms with E-state index in [9.17, 15) is 9.59 Å². The van der Waals surface area contributed by atoms with E-state index in [-0.39, 0.29) is 0 Å². The van der Waals surface area contributed by atoms with Crippen molar-refractivity contribution in [2.45, 2.75) is 47.1 Å². The Morgan fingerprint density at radius 3 is 2.18 bits per heavy atom. The maximum atomic E-state index is 11.5. The van der Waals surface area contributed by atoms with Crippen molar-refractivity contribution in [2.75, 3.05) is 6.54 Å². The normalized spacial score (nSPS) is 14.9. The minimum absolute atomic E-state index is 0.388. The van der Waals surface area contributed by atoms with Crippen molar-refractivity contribution in [3.63, 3.8) is 0 Å². The Labute approximate surface area is 103 Å². The van der Waals surface area contributed by atoms with E-state index in [4.69, 9.17) is 5.11 Å². The molecule has 0 aliphatic carbocycles. The summed E-state index contributed by atoms with van der Waals surface area (Å²) < 4.78 is 0. The van der Waals surface area contributed by atoms with Crippen molar-refractivity contribution in [2.24, 2.45) is 11.3 Å². The summed E-state index contributed by atoms with van der Waals surface area (Å²) in [5.41, 5.74) is -0.514. The maximum absolute atomic E-state index is 11.5. The van der Waals surface area contributed by atoms with E-state index in [1.165, 1.54) is 0 Å². The van der Waals surface area contributed by atoms with Gasteiger partial charge >= 0.3 is 12.0 Å². The van der Waals surface area contributed by atoms with Crippen LogP contribution >= 0.6 is 0 Å². The molecular weight excluding hydrogens is 220 g/mol. The fraction of sp³-hybridized carbons (Fsp3) is 0.833. The van der Waals surface area contributed by atoms with Crippen LogP contribution in [-0.2, 0) is 4.79 Å². The lowest BCUT2D eigenvalue weighted by molar-refractivity contribution is -0.141. The van der Waals surface area contributed by atoms with Crippen LogP contribution in [0.25, 0.3) is 0 Å². The SMILES string of the molecule is CCC(C)CNC(=O)N[C@H](C(=O)O)C(C)(C)C. The van der Waals surface area contributed by atoms with Gasteiger partial charge in [0.15, 0.2) is 0 Å². The molecule has 2 amide bonds. The molecule has 17 heavy (non-hydrogen) atoms. The van der Waals surface area contributed by atoms with Crippen LogP contribution in [0.3, 0.4) is 0 Å². The summed E-state index contributed by atoms with van der Waals surface area (Å²) >= 11 is 0. The van der Waals surface area contributed by atoms with Gasteiger partial charge in [-0.1, -0.05) is 41.0 Å². The second-order valence-corrected chi connectivity index (χ2v) is 5.51. The number of amides is 2. The molecule has 0 spiro atoms. The van der Waals surface area contributed by atoms with Crippen LogP contribution < -0.4 is 10.6 Å². The number of hydrogen-bond acceptors (Lipinski definition) is 2. The monoisotopic (exact) mass is 244 g/mol. The summed E-state index contributed by atoms with van der Waals surface area (Å²) in [6, 6.07) is -1.31. The Balaban J connectivity index is 4.29. The van der Waals surface area contributed by atoms with E-state index in [1.807, 2.05) is 13.8 Å². The predicted molar refractivity (Wildman–Crippen MR) is 66.9 cm³/mol. The van der Waals surface area contributed by atoms with Gasteiger partial charge < -0.3 is 15.7 Å². The Morgan fingerprint density at radius 2 is 1.82 bits per heavy atom. The summed E-state index contributed by atoms with van der Waals surface area (Å²) in [7, 11) is 0. The van der Waals surface area contributed by atoms with Crippen molar-refractivity contribution in [1.82, 2.24) is 10.6 Å². The molecule has 0 heterocycles. The quantitative estimate of drug-likeness (QED) is 0.690. The van der Waals surface area contributed by atoms with E-state index in [1.54, 1.807) is 20.8 Å². The van der Waals surface area contributed by atoms with E-state index in [0.717, 1.165) is 6.42 Å². The van der Waals surface area contributed by atoms with Gasteiger partial charge in [0.2, 0.25) is 0 Å². The average Bonchev–Trinajstić information content (AvgIpc) is 2.20. The molecule has 100 valence electrons. The van der Waals surface area contributed by atoms with Crippen LogP contribution in [0.2, 0.25) is 0 Å². The van der Waals surface area contributed by atoms with Crippen LogP contribution in [0.4, 0.5) is 4.79 Å². The zero-order chi connectivity index (χ0) is 13.6. The molecular formula is C12H24N2O3. The Bertz CT molecular complexity index is 271. The van der Waals surface area contributed by atoms with Gasteiger partial charge in [-0.25, -0.2) is 9.59 Å². The molecule has 3 N–H and O–H groups in total. The lowest BCUT2D eigenvalue weighted by atomic mass is 9.87. The first-order valence-corrected chi connectivity index (χ1v) is 5.95. The highest BCUT2D eigenvalue weighted by molar-refractivity contribution is 5.83. The number of aliphatic carboxylic acids is 1. The van der Waals surface area contributed by atoms with Gasteiger partial charge in [0.25, 0.3) is 0 Å². The van der Waals surface area contributed by atoms with Crippen LogP contribution in [-0.4, -0.2) is 29.7 Å². The molecule has 0 aromatic heterocycles. The van der Waals surface area contributed by atoms with Gasteiger partial charge in [-0.2, -0.15) is 0 Å². The maximum Gasteiger partial charge on any atom is 0.326 e. The highest BCUT2D eigenvalue weighted by atomic mass is 16.4. The first-order chi connectivity index (χ1) is 7.68. The van der Waals surface area contributed by atoms with Crippen LogP contribution in [0, 0.1) is 11.3 Å². The van der Waals surface area contributed by atoms with E-state index in [0.29, 0.717) is 12.5 Å². The first-order valence-electron chi connectivity index (χ1n) is 5.95. The molecule has 0 aromatic carbocycles. The third-order valence-electron chi connectivity index (χ3n) is 2.70. The number of nitrogens with one attached hydrogen (secondary N) is 2. The predicted octanol–water partition coefficient (Wildman–Crippen LogP) is 1.83. The lowest BCUT2D eigenvalue weighted by Crippen LogP contribution is -2.52. The van der Waals surface area contributed by atoms with Crippen molar-refractivity contribution < 1.29 is 14.7 Å². The molecule has 0 saturated carbocycles. The Kier molecular flexibility index (Phi) is 5.99. The van der Waals surface area contributed by atoms with Gasteiger partial charge in [0, 0.05) is 6.54 Å². The molecule has 0 aliphatic heterocycles. The van der Waals surface area contributed by atoms with Crippen molar-refractivity contribution in [3.05, 3.63) is 0 Å².